The number of hydrogen-bond acceptors (Lipinski definition) is 2. The summed E-state index contributed by atoms with van der Waals surface area (Å²) in [7, 11) is 0. The highest BCUT2D eigenvalue weighted by atomic mass is 35.5. The lowest BCUT2D eigenvalue weighted by Crippen LogP contribution is -2.14. The van der Waals surface area contributed by atoms with Gasteiger partial charge in [0.2, 0.25) is 0 Å². The molecule has 3 N–H and O–H groups in total. The summed E-state index contributed by atoms with van der Waals surface area (Å²) in [5.74, 6) is -0.289. The van der Waals surface area contributed by atoms with E-state index in [1.807, 2.05) is 18.2 Å². The van der Waals surface area contributed by atoms with Gasteiger partial charge in [-0.3, -0.25) is 4.79 Å². The molecule has 1 amide bonds. The van der Waals surface area contributed by atoms with Gasteiger partial charge in [-0.05, 0) is 29.8 Å². The van der Waals surface area contributed by atoms with Gasteiger partial charge in [0, 0.05) is 17.3 Å². The summed E-state index contributed by atoms with van der Waals surface area (Å²) in [6.07, 6.45) is 0. The smallest absolute Gasteiger partial charge is 0.257 e. The summed E-state index contributed by atoms with van der Waals surface area (Å²) in [4.78, 5) is 12.1. The van der Waals surface area contributed by atoms with Crippen molar-refractivity contribution in [3.63, 3.8) is 0 Å². The monoisotopic (exact) mass is 294 g/mol. The number of anilines is 1. The third kappa shape index (κ3) is 3.26. The predicted molar refractivity (Wildman–Crippen MR) is 78.7 cm³/mol. The van der Waals surface area contributed by atoms with Crippen molar-refractivity contribution in [1.82, 2.24) is 0 Å². The molecule has 3 nitrogen and oxygen atoms in total. The Labute approximate surface area is 121 Å². The topological polar surface area (TPSA) is 55.1 Å². The second-order valence-electron chi connectivity index (χ2n) is 3.94. The molecule has 0 aromatic heterocycles. The number of carbonyl (C=O) groups is 1. The molecule has 0 radical (unpaired) electrons. The number of nitrogens with one attached hydrogen (secondary N) is 1. The molecular formula is C14H12Cl2N2O. The Kier molecular flexibility index (Phi) is 4.43. The van der Waals surface area contributed by atoms with Crippen LogP contribution in [-0.2, 0) is 6.54 Å². The molecule has 0 aliphatic carbocycles. The van der Waals surface area contributed by atoms with Crippen LogP contribution in [0, 0.1) is 0 Å². The number of carbonyl (C=O) groups excluding carboxylic acids is 1. The summed E-state index contributed by atoms with van der Waals surface area (Å²) in [5.41, 5.74) is 7.54. The number of nitrogens with two attached hydrogens (primary N) is 1. The van der Waals surface area contributed by atoms with Crippen molar-refractivity contribution in [2.75, 3.05) is 5.32 Å². The Bertz CT molecular complexity index is 614. The molecule has 19 heavy (non-hydrogen) atoms. The van der Waals surface area contributed by atoms with E-state index in [2.05, 4.69) is 5.32 Å². The zero-order valence-corrected chi connectivity index (χ0v) is 11.5. The van der Waals surface area contributed by atoms with Gasteiger partial charge in [-0.15, -0.1) is 0 Å². The molecule has 0 saturated carbocycles. The van der Waals surface area contributed by atoms with Crippen molar-refractivity contribution >= 4 is 34.8 Å². The maximum absolute atomic E-state index is 12.1. The van der Waals surface area contributed by atoms with E-state index in [0.29, 0.717) is 27.8 Å². The average molecular weight is 295 g/mol. The third-order valence-electron chi connectivity index (χ3n) is 2.66. The fourth-order valence-corrected chi connectivity index (χ4v) is 2.18. The van der Waals surface area contributed by atoms with Crippen LogP contribution in [-0.4, -0.2) is 5.91 Å². The first kappa shape index (κ1) is 13.9. The molecule has 0 unspecified atom stereocenters. The van der Waals surface area contributed by atoms with Gasteiger partial charge in [-0.1, -0.05) is 41.4 Å². The van der Waals surface area contributed by atoms with E-state index in [0.717, 1.165) is 5.56 Å². The van der Waals surface area contributed by atoms with Gasteiger partial charge in [0.05, 0.1) is 10.6 Å². The Balaban J connectivity index is 2.26. The first-order valence-corrected chi connectivity index (χ1v) is 6.42. The van der Waals surface area contributed by atoms with Crippen LogP contribution in [0.2, 0.25) is 10.0 Å². The highest BCUT2D eigenvalue weighted by Gasteiger charge is 2.12. The molecule has 0 atom stereocenters. The highest BCUT2D eigenvalue weighted by molar-refractivity contribution is 6.37. The lowest BCUT2D eigenvalue weighted by Gasteiger charge is -2.10. The number of amides is 1. The maximum Gasteiger partial charge on any atom is 0.257 e. The summed E-state index contributed by atoms with van der Waals surface area (Å²) in [6.45, 7) is 0.352. The third-order valence-corrected chi connectivity index (χ3v) is 3.21. The normalized spacial score (nSPS) is 10.3. The van der Waals surface area contributed by atoms with Crippen molar-refractivity contribution in [1.29, 1.82) is 0 Å². The zero-order chi connectivity index (χ0) is 13.8. The number of benzene rings is 2. The molecule has 0 fully saturated rings. The number of rotatable bonds is 3. The molecule has 0 aliphatic rings. The minimum atomic E-state index is -0.289. The van der Waals surface area contributed by atoms with Crippen molar-refractivity contribution in [2.45, 2.75) is 6.54 Å². The van der Waals surface area contributed by atoms with Crippen LogP contribution in [0.5, 0.6) is 0 Å². The molecule has 0 heterocycles. The van der Waals surface area contributed by atoms with Gasteiger partial charge >= 0.3 is 0 Å². The largest absolute Gasteiger partial charge is 0.326 e. The van der Waals surface area contributed by atoms with Gasteiger partial charge in [0.25, 0.3) is 5.91 Å². The Hall–Kier alpha value is -1.55. The lowest BCUT2D eigenvalue weighted by molar-refractivity contribution is 0.102. The fourth-order valence-electron chi connectivity index (χ4n) is 1.68. The van der Waals surface area contributed by atoms with Gasteiger partial charge < -0.3 is 11.1 Å². The maximum atomic E-state index is 12.1. The lowest BCUT2D eigenvalue weighted by atomic mass is 10.1. The summed E-state index contributed by atoms with van der Waals surface area (Å²) in [6, 6.07) is 12.1. The van der Waals surface area contributed by atoms with Gasteiger partial charge in [-0.2, -0.15) is 0 Å². The van der Waals surface area contributed by atoms with Gasteiger partial charge in [0.15, 0.2) is 0 Å². The molecule has 98 valence electrons. The molecule has 2 aromatic rings. The number of halogens is 2. The fraction of sp³-hybridized carbons (Fsp3) is 0.0714. The van der Waals surface area contributed by atoms with Crippen molar-refractivity contribution in [3.05, 3.63) is 63.6 Å². The molecule has 2 aromatic carbocycles. The molecule has 0 saturated heterocycles. The number of hydrogen-bond donors (Lipinski definition) is 2. The average Bonchev–Trinajstić information content (AvgIpc) is 2.39. The van der Waals surface area contributed by atoms with E-state index >= 15 is 0 Å². The second kappa shape index (κ2) is 6.06. The Morgan fingerprint density at radius 2 is 1.89 bits per heavy atom. The molecule has 0 aliphatic heterocycles. The van der Waals surface area contributed by atoms with Crippen molar-refractivity contribution in [2.24, 2.45) is 5.73 Å². The number of para-hydroxylation sites is 1. The van der Waals surface area contributed by atoms with E-state index in [1.54, 1.807) is 18.2 Å². The van der Waals surface area contributed by atoms with E-state index in [1.165, 1.54) is 6.07 Å². The first-order valence-electron chi connectivity index (χ1n) is 5.66. The summed E-state index contributed by atoms with van der Waals surface area (Å²) in [5, 5.41) is 3.60. The van der Waals surface area contributed by atoms with Gasteiger partial charge in [-0.25, -0.2) is 0 Å². The quantitative estimate of drug-likeness (QED) is 0.907. The highest BCUT2D eigenvalue weighted by Crippen LogP contribution is 2.23. The van der Waals surface area contributed by atoms with E-state index in [-0.39, 0.29) is 5.91 Å². The van der Waals surface area contributed by atoms with Crippen LogP contribution in [0.15, 0.2) is 42.5 Å². The Morgan fingerprint density at radius 3 is 2.58 bits per heavy atom. The van der Waals surface area contributed by atoms with Crippen LogP contribution in [0.25, 0.3) is 0 Å². The second-order valence-corrected chi connectivity index (χ2v) is 4.78. The summed E-state index contributed by atoms with van der Waals surface area (Å²) < 4.78 is 0. The van der Waals surface area contributed by atoms with E-state index < -0.39 is 0 Å². The molecule has 2 rings (SSSR count). The molecule has 5 heteroatoms. The molecule has 0 spiro atoms. The van der Waals surface area contributed by atoms with Gasteiger partial charge in [0.1, 0.15) is 0 Å². The van der Waals surface area contributed by atoms with Crippen LogP contribution >= 0.6 is 23.2 Å². The molecular weight excluding hydrogens is 283 g/mol. The zero-order valence-electron chi connectivity index (χ0n) is 9.99. The van der Waals surface area contributed by atoms with Crippen LogP contribution < -0.4 is 11.1 Å². The van der Waals surface area contributed by atoms with Crippen molar-refractivity contribution < 1.29 is 4.79 Å². The van der Waals surface area contributed by atoms with Crippen LogP contribution in [0.3, 0.4) is 0 Å². The minimum absolute atomic E-state index is 0.289. The van der Waals surface area contributed by atoms with Crippen molar-refractivity contribution in [3.8, 4) is 0 Å². The summed E-state index contributed by atoms with van der Waals surface area (Å²) >= 11 is 11.8. The SMILES string of the molecule is NCc1ccccc1NC(=O)c1ccc(Cl)cc1Cl. The van der Waals surface area contributed by atoms with E-state index in [4.69, 9.17) is 28.9 Å². The van der Waals surface area contributed by atoms with Crippen LogP contribution in [0.4, 0.5) is 5.69 Å². The molecule has 0 bridgehead atoms. The predicted octanol–water partition coefficient (Wildman–Crippen LogP) is 3.70. The Morgan fingerprint density at radius 1 is 1.16 bits per heavy atom. The van der Waals surface area contributed by atoms with Crippen LogP contribution in [0.1, 0.15) is 15.9 Å². The standard InChI is InChI=1S/C14H12Cl2N2O/c15-10-5-6-11(12(16)7-10)14(19)18-13-4-2-1-3-9(13)8-17/h1-7H,8,17H2,(H,18,19). The minimum Gasteiger partial charge on any atom is -0.326 e. The first-order chi connectivity index (χ1) is 9.11. The van der Waals surface area contributed by atoms with E-state index in [9.17, 15) is 4.79 Å².